The van der Waals surface area contributed by atoms with E-state index in [-0.39, 0.29) is 11.3 Å². The van der Waals surface area contributed by atoms with Gasteiger partial charge in [0.2, 0.25) is 0 Å². The Morgan fingerprint density at radius 3 is 2.24 bits per heavy atom. The van der Waals surface area contributed by atoms with Crippen LogP contribution in [0.1, 0.15) is 54.7 Å². The zero-order valence-corrected chi connectivity index (χ0v) is 20.7. The van der Waals surface area contributed by atoms with Crippen LogP contribution in [0, 0.1) is 0 Å². The van der Waals surface area contributed by atoms with Crippen molar-refractivity contribution in [2.75, 3.05) is 34.4 Å². The molecule has 1 N–H and O–H groups in total. The van der Waals surface area contributed by atoms with Crippen molar-refractivity contribution in [1.82, 2.24) is 4.90 Å². The molecule has 0 aliphatic heterocycles. The second kappa shape index (κ2) is 11.0. The third-order valence-corrected chi connectivity index (χ3v) is 7.44. The van der Waals surface area contributed by atoms with Crippen molar-refractivity contribution in [2.45, 2.75) is 43.4 Å². The van der Waals surface area contributed by atoms with Gasteiger partial charge in [-0.25, -0.2) is 0 Å². The number of aromatic hydroxyl groups is 1. The van der Waals surface area contributed by atoms with Crippen LogP contribution in [0.15, 0.2) is 72.8 Å². The molecule has 1 atom stereocenters. The third kappa shape index (κ3) is 5.23. The van der Waals surface area contributed by atoms with Crippen molar-refractivity contribution in [3.63, 3.8) is 0 Å². The number of nitrogens with zero attached hydrogens (tertiary/aromatic N) is 1. The standard InChI is InChI=1S/C30H37NO3/c1-31(20-17-25(23-11-5-4-6-12-23)26-13-7-8-14-27(26)32)22-30(18-9-10-19-30)24-15-16-28(33-2)29(21-24)34-3/h4-8,11-16,21,25,32H,9-10,17-20,22H2,1-3H3/t25-/m1/s1. The van der Waals surface area contributed by atoms with E-state index >= 15 is 0 Å². The summed E-state index contributed by atoms with van der Waals surface area (Å²) in [6.45, 7) is 1.95. The van der Waals surface area contributed by atoms with Crippen LogP contribution in [0.2, 0.25) is 0 Å². The van der Waals surface area contributed by atoms with Crippen LogP contribution in [-0.2, 0) is 5.41 Å². The molecule has 0 heterocycles. The average Bonchev–Trinajstić information content (AvgIpc) is 3.35. The quantitative estimate of drug-likeness (QED) is 0.382. The van der Waals surface area contributed by atoms with Crippen molar-refractivity contribution >= 4 is 0 Å². The van der Waals surface area contributed by atoms with Crippen LogP contribution >= 0.6 is 0 Å². The van der Waals surface area contributed by atoms with Gasteiger partial charge in [-0.2, -0.15) is 0 Å². The number of hydrogen-bond donors (Lipinski definition) is 1. The first kappa shape index (κ1) is 24.2. The van der Waals surface area contributed by atoms with Crippen LogP contribution in [0.4, 0.5) is 0 Å². The molecule has 0 radical (unpaired) electrons. The van der Waals surface area contributed by atoms with E-state index in [0.29, 0.717) is 5.75 Å². The number of benzene rings is 3. The first-order chi connectivity index (χ1) is 16.6. The summed E-state index contributed by atoms with van der Waals surface area (Å²) in [5, 5.41) is 10.6. The first-order valence-electron chi connectivity index (χ1n) is 12.3. The molecule has 1 fully saturated rings. The number of phenols is 1. The van der Waals surface area contributed by atoms with E-state index in [0.717, 1.165) is 36.6 Å². The average molecular weight is 460 g/mol. The molecule has 4 heteroatoms. The normalized spacial score (nSPS) is 15.9. The van der Waals surface area contributed by atoms with Crippen LogP contribution in [0.5, 0.6) is 17.2 Å². The minimum atomic E-state index is 0.130. The van der Waals surface area contributed by atoms with Gasteiger partial charge in [-0.1, -0.05) is 67.4 Å². The maximum atomic E-state index is 10.6. The number of ether oxygens (including phenoxy) is 2. The summed E-state index contributed by atoms with van der Waals surface area (Å²) in [6.07, 6.45) is 5.84. The number of para-hydroxylation sites is 1. The minimum Gasteiger partial charge on any atom is -0.508 e. The predicted molar refractivity (Wildman–Crippen MR) is 138 cm³/mol. The van der Waals surface area contributed by atoms with E-state index in [1.165, 1.54) is 36.8 Å². The highest BCUT2D eigenvalue weighted by Gasteiger charge is 2.37. The van der Waals surface area contributed by atoms with Gasteiger partial charge in [0.25, 0.3) is 0 Å². The highest BCUT2D eigenvalue weighted by molar-refractivity contribution is 5.46. The smallest absolute Gasteiger partial charge is 0.161 e. The summed E-state index contributed by atoms with van der Waals surface area (Å²) in [6, 6.07) is 24.7. The van der Waals surface area contributed by atoms with E-state index < -0.39 is 0 Å². The van der Waals surface area contributed by atoms with Gasteiger partial charge in [0.15, 0.2) is 11.5 Å². The molecule has 0 amide bonds. The molecule has 4 nitrogen and oxygen atoms in total. The molecule has 4 rings (SSSR count). The summed E-state index contributed by atoms with van der Waals surface area (Å²) in [5.41, 5.74) is 3.71. The summed E-state index contributed by atoms with van der Waals surface area (Å²) >= 11 is 0. The van der Waals surface area contributed by atoms with Crippen LogP contribution in [-0.4, -0.2) is 44.4 Å². The zero-order chi connectivity index (χ0) is 24.0. The maximum Gasteiger partial charge on any atom is 0.161 e. The largest absolute Gasteiger partial charge is 0.508 e. The molecule has 0 spiro atoms. The Kier molecular flexibility index (Phi) is 7.79. The Bertz CT molecular complexity index is 1060. The fourth-order valence-corrected chi connectivity index (χ4v) is 5.67. The highest BCUT2D eigenvalue weighted by Crippen LogP contribution is 2.44. The van der Waals surface area contributed by atoms with Gasteiger partial charge in [0.1, 0.15) is 5.75 Å². The Labute approximate surface area is 204 Å². The predicted octanol–water partition coefficient (Wildman–Crippen LogP) is 6.38. The van der Waals surface area contributed by atoms with Crippen molar-refractivity contribution in [2.24, 2.45) is 0 Å². The fraction of sp³-hybridized carbons (Fsp3) is 0.400. The van der Waals surface area contributed by atoms with Gasteiger partial charge in [-0.05, 0) is 62.2 Å². The van der Waals surface area contributed by atoms with Gasteiger partial charge in [-0.3, -0.25) is 0 Å². The molecular formula is C30H37NO3. The van der Waals surface area contributed by atoms with Crippen molar-refractivity contribution in [3.05, 3.63) is 89.5 Å². The summed E-state index contributed by atoms with van der Waals surface area (Å²) in [5.74, 6) is 2.11. The second-order valence-electron chi connectivity index (χ2n) is 9.61. The monoisotopic (exact) mass is 459 g/mol. The van der Waals surface area contributed by atoms with E-state index in [1.54, 1.807) is 20.3 Å². The molecule has 0 bridgehead atoms. The fourth-order valence-electron chi connectivity index (χ4n) is 5.67. The molecule has 1 aliphatic rings. The van der Waals surface area contributed by atoms with Gasteiger partial charge < -0.3 is 19.5 Å². The molecule has 180 valence electrons. The van der Waals surface area contributed by atoms with Gasteiger partial charge in [0.05, 0.1) is 14.2 Å². The molecule has 0 aromatic heterocycles. The van der Waals surface area contributed by atoms with E-state index in [9.17, 15) is 5.11 Å². The Balaban J connectivity index is 1.53. The minimum absolute atomic E-state index is 0.130. The molecule has 3 aromatic rings. The highest BCUT2D eigenvalue weighted by atomic mass is 16.5. The van der Waals surface area contributed by atoms with E-state index in [1.807, 2.05) is 24.3 Å². The van der Waals surface area contributed by atoms with Crippen molar-refractivity contribution in [3.8, 4) is 17.2 Å². The lowest BCUT2D eigenvalue weighted by atomic mass is 9.78. The summed E-state index contributed by atoms with van der Waals surface area (Å²) < 4.78 is 11.1. The first-order valence-corrected chi connectivity index (χ1v) is 12.3. The summed E-state index contributed by atoms with van der Waals surface area (Å²) in [7, 11) is 5.62. The van der Waals surface area contributed by atoms with Gasteiger partial charge in [-0.15, -0.1) is 0 Å². The number of phenolic OH excluding ortho intramolecular Hbond substituents is 1. The van der Waals surface area contributed by atoms with Crippen LogP contribution < -0.4 is 9.47 Å². The lowest BCUT2D eigenvalue weighted by Gasteiger charge is -2.35. The Morgan fingerprint density at radius 1 is 0.882 bits per heavy atom. The van der Waals surface area contributed by atoms with E-state index in [2.05, 4.69) is 54.4 Å². The van der Waals surface area contributed by atoms with Crippen molar-refractivity contribution < 1.29 is 14.6 Å². The summed E-state index contributed by atoms with van der Waals surface area (Å²) in [4.78, 5) is 2.47. The number of rotatable bonds is 10. The molecule has 0 saturated heterocycles. The lowest BCUT2D eigenvalue weighted by molar-refractivity contribution is 0.239. The zero-order valence-electron chi connectivity index (χ0n) is 20.7. The molecule has 0 unspecified atom stereocenters. The van der Waals surface area contributed by atoms with Crippen LogP contribution in [0.3, 0.4) is 0 Å². The SMILES string of the molecule is COc1ccc(C2(CN(C)CC[C@H](c3ccccc3)c3ccccc3O)CCCC2)cc1OC. The van der Waals surface area contributed by atoms with Crippen LogP contribution in [0.25, 0.3) is 0 Å². The molecule has 34 heavy (non-hydrogen) atoms. The van der Waals surface area contributed by atoms with E-state index in [4.69, 9.17) is 9.47 Å². The molecule has 3 aromatic carbocycles. The maximum absolute atomic E-state index is 10.6. The number of likely N-dealkylation sites (N-methyl/N-ethyl adjacent to an activating group) is 1. The van der Waals surface area contributed by atoms with Crippen molar-refractivity contribution in [1.29, 1.82) is 0 Å². The molecule has 1 saturated carbocycles. The Hall–Kier alpha value is -2.98. The van der Waals surface area contributed by atoms with Gasteiger partial charge in [0, 0.05) is 23.4 Å². The third-order valence-electron chi connectivity index (χ3n) is 7.44. The topological polar surface area (TPSA) is 41.9 Å². The Morgan fingerprint density at radius 2 is 1.56 bits per heavy atom. The van der Waals surface area contributed by atoms with Gasteiger partial charge >= 0.3 is 0 Å². The lowest BCUT2D eigenvalue weighted by Crippen LogP contribution is -2.38. The second-order valence-corrected chi connectivity index (χ2v) is 9.61. The molecule has 1 aliphatic carbocycles. The number of methoxy groups -OCH3 is 2. The number of hydrogen-bond acceptors (Lipinski definition) is 4. The molecular weight excluding hydrogens is 422 g/mol.